The minimum atomic E-state index is -0.422. The van der Waals surface area contributed by atoms with Gasteiger partial charge in [0.1, 0.15) is 0 Å². The van der Waals surface area contributed by atoms with E-state index in [1.165, 1.54) is 6.42 Å². The number of nitrogens with two attached hydrogens (primary N) is 2. The van der Waals surface area contributed by atoms with Crippen molar-refractivity contribution in [2.45, 2.75) is 25.3 Å². The van der Waals surface area contributed by atoms with Gasteiger partial charge in [0.2, 0.25) is 0 Å². The van der Waals surface area contributed by atoms with Gasteiger partial charge < -0.3 is 16.4 Å². The number of amides is 1. The molecule has 1 saturated carbocycles. The summed E-state index contributed by atoms with van der Waals surface area (Å²) in [7, 11) is 0. The molecule has 1 saturated heterocycles. The summed E-state index contributed by atoms with van der Waals surface area (Å²) in [5.74, 6) is 0.899. The van der Waals surface area contributed by atoms with E-state index in [2.05, 4.69) is 4.90 Å². The SMILES string of the molecule is NC(=O)c1cc(Cl)ccc1N1C[C@H]2CCC(N)C[C@H]2C1. The second kappa shape index (κ2) is 5.26. The van der Waals surface area contributed by atoms with Crippen LogP contribution in [0.3, 0.4) is 0 Å². The molecule has 5 heteroatoms. The van der Waals surface area contributed by atoms with E-state index in [0.717, 1.165) is 31.6 Å². The van der Waals surface area contributed by atoms with Crippen LogP contribution in [0.4, 0.5) is 5.69 Å². The number of fused-ring (bicyclic) bond motifs is 1. The zero-order valence-corrected chi connectivity index (χ0v) is 12.1. The molecule has 20 heavy (non-hydrogen) atoms. The lowest BCUT2D eigenvalue weighted by molar-refractivity contribution is 0.100. The Labute approximate surface area is 124 Å². The predicted octanol–water partition coefficient (Wildman–Crippen LogP) is 2.00. The van der Waals surface area contributed by atoms with Crippen LogP contribution in [0.15, 0.2) is 18.2 Å². The fourth-order valence-corrected chi connectivity index (χ4v) is 3.82. The molecule has 1 aliphatic heterocycles. The number of halogens is 1. The molecular weight excluding hydrogens is 274 g/mol. The fraction of sp³-hybridized carbons (Fsp3) is 0.533. The van der Waals surface area contributed by atoms with E-state index in [1.54, 1.807) is 6.07 Å². The molecule has 1 heterocycles. The molecule has 1 unspecified atom stereocenters. The van der Waals surface area contributed by atoms with E-state index in [9.17, 15) is 4.79 Å². The van der Waals surface area contributed by atoms with Crippen LogP contribution in [0.1, 0.15) is 29.6 Å². The number of anilines is 1. The number of primary amides is 1. The van der Waals surface area contributed by atoms with Crippen LogP contribution in [-0.4, -0.2) is 25.0 Å². The summed E-state index contributed by atoms with van der Waals surface area (Å²) in [4.78, 5) is 13.9. The normalized spacial score (nSPS) is 29.3. The van der Waals surface area contributed by atoms with Crippen molar-refractivity contribution in [2.75, 3.05) is 18.0 Å². The van der Waals surface area contributed by atoms with Gasteiger partial charge in [0.25, 0.3) is 5.91 Å². The maximum atomic E-state index is 11.6. The van der Waals surface area contributed by atoms with Crippen molar-refractivity contribution in [3.8, 4) is 0 Å². The molecule has 108 valence electrons. The number of nitrogens with zero attached hydrogens (tertiary/aromatic N) is 1. The second-order valence-corrected chi connectivity index (χ2v) is 6.46. The van der Waals surface area contributed by atoms with Crippen LogP contribution >= 0.6 is 11.6 Å². The van der Waals surface area contributed by atoms with E-state index in [4.69, 9.17) is 23.1 Å². The maximum Gasteiger partial charge on any atom is 0.250 e. The first-order valence-electron chi connectivity index (χ1n) is 7.14. The lowest BCUT2D eigenvalue weighted by Crippen LogP contribution is -2.32. The van der Waals surface area contributed by atoms with E-state index in [1.807, 2.05) is 12.1 Å². The Hall–Kier alpha value is -1.26. The fourth-order valence-electron chi connectivity index (χ4n) is 3.65. The third-order valence-electron chi connectivity index (χ3n) is 4.65. The molecule has 1 aromatic carbocycles. The summed E-state index contributed by atoms with van der Waals surface area (Å²) in [5.41, 5.74) is 13.0. The topological polar surface area (TPSA) is 72.4 Å². The largest absolute Gasteiger partial charge is 0.370 e. The van der Waals surface area contributed by atoms with Crippen molar-refractivity contribution in [2.24, 2.45) is 23.3 Å². The molecule has 4 nitrogen and oxygen atoms in total. The Morgan fingerprint density at radius 1 is 1.25 bits per heavy atom. The van der Waals surface area contributed by atoms with Crippen molar-refractivity contribution in [1.29, 1.82) is 0 Å². The summed E-state index contributed by atoms with van der Waals surface area (Å²) in [6, 6.07) is 5.71. The lowest BCUT2D eigenvalue weighted by atomic mass is 9.79. The van der Waals surface area contributed by atoms with Gasteiger partial charge in [-0.2, -0.15) is 0 Å². The number of rotatable bonds is 2. The molecule has 2 aliphatic rings. The minimum Gasteiger partial charge on any atom is -0.370 e. The summed E-state index contributed by atoms with van der Waals surface area (Å²) in [6.07, 6.45) is 3.38. The Balaban J connectivity index is 1.86. The van der Waals surface area contributed by atoms with Crippen LogP contribution < -0.4 is 16.4 Å². The van der Waals surface area contributed by atoms with E-state index >= 15 is 0 Å². The first kappa shape index (κ1) is 13.7. The molecular formula is C15H20ClN3O. The van der Waals surface area contributed by atoms with Gasteiger partial charge in [-0.25, -0.2) is 0 Å². The molecule has 4 N–H and O–H groups in total. The molecule has 0 radical (unpaired) electrons. The van der Waals surface area contributed by atoms with E-state index < -0.39 is 5.91 Å². The number of carbonyl (C=O) groups is 1. The van der Waals surface area contributed by atoms with Crippen LogP contribution in [0.5, 0.6) is 0 Å². The van der Waals surface area contributed by atoms with Crippen molar-refractivity contribution in [3.63, 3.8) is 0 Å². The Bertz CT molecular complexity index is 534. The number of benzene rings is 1. The Morgan fingerprint density at radius 3 is 2.75 bits per heavy atom. The van der Waals surface area contributed by atoms with Gasteiger partial charge in [-0.05, 0) is 49.3 Å². The van der Waals surface area contributed by atoms with Crippen LogP contribution in [0.2, 0.25) is 5.02 Å². The monoisotopic (exact) mass is 293 g/mol. The maximum absolute atomic E-state index is 11.6. The van der Waals surface area contributed by atoms with Gasteiger partial charge in [-0.15, -0.1) is 0 Å². The zero-order chi connectivity index (χ0) is 14.3. The number of carbonyl (C=O) groups excluding carboxylic acids is 1. The lowest BCUT2D eigenvalue weighted by Gasteiger charge is -2.27. The van der Waals surface area contributed by atoms with E-state index in [-0.39, 0.29) is 0 Å². The van der Waals surface area contributed by atoms with Crippen LogP contribution in [-0.2, 0) is 0 Å². The van der Waals surface area contributed by atoms with Gasteiger partial charge in [0, 0.05) is 29.8 Å². The minimum absolute atomic E-state index is 0.331. The summed E-state index contributed by atoms with van der Waals surface area (Å²) < 4.78 is 0. The highest BCUT2D eigenvalue weighted by Gasteiger charge is 2.37. The van der Waals surface area contributed by atoms with Gasteiger partial charge >= 0.3 is 0 Å². The zero-order valence-electron chi connectivity index (χ0n) is 11.4. The van der Waals surface area contributed by atoms with Crippen molar-refractivity contribution in [1.82, 2.24) is 0 Å². The number of hydrogen-bond donors (Lipinski definition) is 2. The van der Waals surface area contributed by atoms with E-state index in [0.29, 0.717) is 28.5 Å². The smallest absolute Gasteiger partial charge is 0.250 e. The molecule has 0 spiro atoms. The quantitative estimate of drug-likeness (QED) is 0.876. The molecule has 3 atom stereocenters. The van der Waals surface area contributed by atoms with Gasteiger partial charge in [-0.3, -0.25) is 4.79 Å². The highest BCUT2D eigenvalue weighted by Crippen LogP contribution is 2.38. The van der Waals surface area contributed by atoms with Gasteiger partial charge in [0.15, 0.2) is 0 Å². The Morgan fingerprint density at radius 2 is 2.00 bits per heavy atom. The summed E-state index contributed by atoms with van der Waals surface area (Å²) >= 11 is 5.97. The Kier molecular flexibility index (Phi) is 3.61. The van der Waals surface area contributed by atoms with Gasteiger partial charge in [-0.1, -0.05) is 11.6 Å². The molecule has 1 aliphatic carbocycles. The molecule has 0 bridgehead atoms. The van der Waals surface area contributed by atoms with Crippen molar-refractivity contribution < 1.29 is 4.79 Å². The molecule has 1 aromatic rings. The average Bonchev–Trinajstić information content (AvgIpc) is 2.81. The second-order valence-electron chi connectivity index (χ2n) is 6.02. The molecule has 3 rings (SSSR count). The first-order chi connectivity index (χ1) is 9.54. The first-order valence-corrected chi connectivity index (χ1v) is 7.52. The number of hydrogen-bond acceptors (Lipinski definition) is 3. The van der Waals surface area contributed by atoms with Crippen LogP contribution in [0.25, 0.3) is 0 Å². The molecule has 1 amide bonds. The highest BCUT2D eigenvalue weighted by molar-refractivity contribution is 6.31. The van der Waals surface area contributed by atoms with Gasteiger partial charge in [0.05, 0.1) is 5.56 Å². The summed E-state index contributed by atoms with van der Waals surface area (Å²) in [6.45, 7) is 1.94. The van der Waals surface area contributed by atoms with Crippen molar-refractivity contribution >= 4 is 23.2 Å². The predicted molar refractivity (Wildman–Crippen MR) is 81.0 cm³/mol. The standard InChI is InChI=1S/C15H20ClN3O/c16-11-2-4-14(13(6-11)15(18)20)19-7-9-1-3-12(17)5-10(9)8-19/h2,4,6,9-10,12H,1,3,5,7-8,17H2,(H2,18,20)/t9-,10+,12?/m1/s1. The van der Waals surface area contributed by atoms with Crippen molar-refractivity contribution in [3.05, 3.63) is 28.8 Å². The molecule has 0 aromatic heterocycles. The summed E-state index contributed by atoms with van der Waals surface area (Å²) in [5, 5.41) is 0.543. The third kappa shape index (κ3) is 2.50. The highest BCUT2D eigenvalue weighted by atomic mass is 35.5. The molecule has 2 fully saturated rings. The van der Waals surface area contributed by atoms with Crippen LogP contribution in [0, 0.1) is 11.8 Å². The average molecular weight is 294 g/mol. The third-order valence-corrected chi connectivity index (χ3v) is 4.89.